The first-order chi connectivity index (χ1) is 10.7. The first-order valence-electron chi connectivity index (χ1n) is 7.03. The normalized spacial score (nSPS) is 9.27. The molecule has 0 aromatic heterocycles. The number of ether oxygens (including phenoxy) is 2. The molecule has 0 aromatic rings. The third kappa shape index (κ3) is 14.0. The summed E-state index contributed by atoms with van der Waals surface area (Å²) >= 11 is 0. The van der Waals surface area contributed by atoms with Crippen LogP contribution in [0.2, 0.25) is 0 Å². The second-order valence-electron chi connectivity index (χ2n) is 4.26. The summed E-state index contributed by atoms with van der Waals surface area (Å²) < 4.78 is 9.76. The molecule has 0 unspecified atom stereocenters. The predicted octanol–water partition coefficient (Wildman–Crippen LogP) is 3.03. The highest BCUT2D eigenvalue weighted by molar-refractivity contribution is 5.70. The van der Waals surface area contributed by atoms with E-state index in [2.05, 4.69) is 20.1 Å². The Labute approximate surface area is 128 Å². The molecule has 22 heavy (non-hydrogen) atoms. The number of hydrogen-bond acceptors (Lipinski definition) is 6. The molecule has 0 N–H and O–H groups in total. The van der Waals surface area contributed by atoms with Gasteiger partial charge in [-0.2, -0.15) is 0 Å². The van der Waals surface area contributed by atoms with Crippen LogP contribution in [0.15, 0.2) is 10.2 Å². The van der Waals surface area contributed by atoms with Crippen LogP contribution in [0, 0.1) is 0 Å². The Kier molecular flexibility index (Phi) is 13.3. The Morgan fingerprint density at radius 3 is 1.55 bits per heavy atom. The molecule has 0 atom stereocenters. The van der Waals surface area contributed by atoms with E-state index in [-0.39, 0.29) is 38.0 Å². The zero-order chi connectivity index (χ0) is 16.5. The van der Waals surface area contributed by atoms with Gasteiger partial charge in [0.25, 0.3) is 0 Å². The summed E-state index contributed by atoms with van der Waals surface area (Å²) in [5.41, 5.74) is 16.1. The molecule has 0 rings (SSSR count). The molecular formula is C12H20N6O4. The SMILES string of the molecule is [N-]=[N+]=NCCCCC(=O)OCCOC(=O)CCCCN=[N+]=[N-]. The summed E-state index contributed by atoms with van der Waals surface area (Å²) in [5, 5.41) is 6.70. The molecular weight excluding hydrogens is 292 g/mol. The molecule has 0 spiro atoms. The van der Waals surface area contributed by atoms with E-state index < -0.39 is 0 Å². The highest BCUT2D eigenvalue weighted by atomic mass is 16.6. The Balaban J connectivity index is 3.42. The zero-order valence-corrected chi connectivity index (χ0v) is 12.4. The Bertz CT molecular complexity index is 389. The van der Waals surface area contributed by atoms with Crippen LogP contribution in [-0.4, -0.2) is 38.2 Å². The molecule has 0 fully saturated rings. The molecule has 10 heteroatoms. The van der Waals surface area contributed by atoms with Gasteiger partial charge in [0, 0.05) is 35.8 Å². The maximum absolute atomic E-state index is 11.3. The molecule has 0 aliphatic heterocycles. The second kappa shape index (κ2) is 15.0. The minimum absolute atomic E-state index is 0.0274. The summed E-state index contributed by atoms with van der Waals surface area (Å²) in [5.74, 6) is -0.738. The van der Waals surface area contributed by atoms with E-state index in [0.29, 0.717) is 38.8 Å². The summed E-state index contributed by atoms with van der Waals surface area (Å²) in [4.78, 5) is 27.8. The van der Waals surface area contributed by atoms with Crippen molar-refractivity contribution >= 4 is 11.9 Å². The molecule has 0 heterocycles. The largest absolute Gasteiger partial charge is 0.462 e. The van der Waals surface area contributed by atoms with Gasteiger partial charge in [-0.05, 0) is 36.7 Å². The fraction of sp³-hybridized carbons (Fsp3) is 0.833. The molecule has 0 bridgehead atoms. The quantitative estimate of drug-likeness (QED) is 0.169. The van der Waals surface area contributed by atoms with Gasteiger partial charge in [0.2, 0.25) is 0 Å². The van der Waals surface area contributed by atoms with Crippen molar-refractivity contribution in [1.29, 1.82) is 0 Å². The van der Waals surface area contributed by atoms with Crippen molar-refractivity contribution in [3.05, 3.63) is 20.9 Å². The van der Waals surface area contributed by atoms with Crippen LogP contribution in [-0.2, 0) is 19.1 Å². The van der Waals surface area contributed by atoms with E-state index in [1.54, 1.807) is 0 Å². The Hall–Kier alpha value is -2.44. The van der Waals surface area contributed by atoms with Gasteiger partial charge in [-0.25, -0.2) is 0 Å². The third-order valence-electron chi connectivity index (χ3n) is 2.51. The molecule has 0 saturated heterocycles. The van der Waals surface area contributed by atoms with E-state index in [4.69, 9.17) is 20.5 Å². The molecule has 0 aromatic carbocycles. The smallest absolute Gasteiger partial charge is 0.305 e. The summed E-state index contributed by atoms with van der Waals surface area (Å²) in [6, 6.07) is 0. The van der Waals surface area contributed by atoms with Gasteiger partial charge >= 0.3 is 11.9 Å². The molecule has 122 valence electrons. The van der Waals surface area contributed by atoms with Crippen LogP contribution < -0.4 is 0 Å². The highest BCUT2D eigenvalue weighted by Gasteiger charge is 2.05. The number of esters is 2. The Morgan fingerprint density at radius 1 is 0.773 bits per heavy atom. The zero-order valence-electron chi connectivity index (χ0n) is 12.4. The lowest BCUT2D eigenvalue weighted by atomic mass is 10.2. The average Bonchev–Trinajstić information content (AvgIpc) is 2.51. The van der Waals surface area contributed by atoms with E-state index >= 15 is 0 Å². The Morgan fingerprint density at radius 2 is 1.18 bits per heavy atom. The number of rotatable bonds is 13. The van der Waals surface area contributed by atoms with Crippen molar-refractivity contribution in [2.24, 2.45) is 10.2 Å². The first-order valence-corrected chi connectivity index (χ1v) is 7.03. The summed E-state index contributed by atoms with van der Waals surface area (Å²) in [6.45, 7) is 0.779. The third-order valence-corrected chi connectivity index (χ3v) is 2.51. The first kappa shape index (κ1) is 19.6. The second-order valence-corrected chi connectivity index (χ2v) is 4.26. The average molecular weight is 312 g/mol. The lowest BCUT2D eigenvalue weighted by Crippen LogP contribution is -2.13. The van der Waals surface area contributed by atoms with Crippen molar-refractivity contribution in [3.8, 4) is 0 Å². The predicted molar refractivity (Wildman–Crippen MR) is 77.6 cm³/mol. The molecule has 0 aliphatic rings. The van der Waals surface area contributed by atoms with Crippen LogP contribution >= 0.6 is 0 Å². The number of azide groups is 2. The monoisotopic (exact) mass is 312 g/mol. The van der Waals surface area contributed by atoms with Crippen molar-refractivity contribution in [3.63, 3.8) is 0 Å². The van der Waals surface area contributed by atoms with Gasteiger partial charge in [-0.3, -0.25) is 9.59 Å². The fourth-order valence-electron chi connectivity index (χ4n) is 1.45. The van der Waals surface area contributed by atoms with Crippen molar-refractivity contribution in [1.82, 2.24) is 0 Å². The maximum Gasteiger partial charge on any atom is 0.305 e. The van der Waals surface area contributed by atoms with Gasteiger partial charge in [-0.1, -0.05) is 10.2 Å². The van der Waals surface area contributed by atoms with Crippen molar-refractivity contribution < 1.29 is 19.1 Å². The van der Waals surface area contributed by atoms with E-state index in [9.17, 15) is 9.59 Å². The molecule has 10 nitrogen and oxygen atoms in total. The van der Waals surface area contributed by atoms with Crippen LogP contribution in [0.4, 0.5) is 0 Å². The highest BCUT2D eigenvalue weighted by Crippen LogP contribution is 2.00. The lowest BCUT2D eigenvalue weighted by Gasteiger charge is -2.06. The van der Waals surface area contributed by atoms with Crippen LogP contribution in [0.5, 0.6) is 0 Å². The lowest BCUT2D eigenvalue weighted by molar-refractivity contribution is -0.152. The number of nitrogens with zero attached hydrogens (tertiary/aromatic N) is 6. The number of carbonyl (C=O) groups is 2. The van der Waals surface area contributed by atoms with Crippen molar-refractivity contribution in [2.75, 3.05) is 26.3 Å². The molecule has 0 amide bonds. The van der Waals surface area contributed by atoms with E-state index in [0.717, 1.165) is 0 Å². The van der Waals surface area contributed by atoms with Gasteiger partial charge in [0.1, 0.15) is 13.2 Å². The number of carbonyl (C=O) groups excluding carboxylic acids is 2. The fourth-order valence-corrected chi connectivity index (χ4v) is 1.45. The van der Waals surface area contributed by atoms with Crippen LogP contribution in [0.25, 0.3) is 20.9 Å². The van der Waals surface area contributed by atoms with Crippen LogP contribution in [0.1, 0.15) is 38.5 Å². The minimum Gasteiger partial charge on any atom is -0.462 e. The number of unbranched alkanes of at least 4 members (excludes halogenated alkanes) is 2. The molecule has 0 radical (unpaired) electrons. The van der Waals surface area contributed by atoms with E-state index in [1.807, 2.05) is 0 Å². The van der Waals surface area contributed by atoms with Gasteiger partial charge in [0.05, 0.1) is 0 Å². The molecule has 0 saturated carbocycles. The van der Waals surface area contributed by atoms with Gasteiger partial charge < -0.3 is 9.47 Å². The molecule has 0 aliphatic carbocycles. The summed E-state index contributed by atoms with van der Waals surface area (Å²) in [7, 11) is 0. The standard InChI is InChI=1S/C12H20N6O4/c13-17-15-7-3-1-5-11(19)21-9-10-22-12(20)6-2-4-8-16-18-14/h1-10H2. The van der Waals surface area contributed by atoms with E-state index in [1.165, 1.54) is 0 Å². The number of hydrogen-bond donors (Lipinski definition) is 0. The summed E-state index contributed by atoms with van der Waals surface area (Å²) in [6.07, 6.45) is 2.92. The minimum atomic E-state index is -0.369. The van der Waals surface area contributed by atoms with Crippen molar-refractivity contribution in [2.45, 2.75) is 38.5 Å². The topological polar surface area (TPSA) is 150 Å². The van der Waals surface area contributed by atoms with Gasteiger partial charge in [0.15, 0.2) is 0 Å². The van der Waals surface area contributed by atoms with Gasteiger partial charge in [-0.15, -0.1) is 0 Å². The maximum atomic E-state index is 11.3. The van der Waals surface area contributed by atoms with Crippen LogP contribution in [0.3, 0.4) is 0 Å².